The predicted octanol–water partition coefficient (Wildman–Crippen LogP) is 2.43. The minimum Gasteiger partial charge on any atom is -0.493 e. The summed E-state index contributed by atoms with van der Waals surface area (Å²) < 4.78 is 84.0. The molecule has 0 aromatic heterocycles. The van der Waals surface area contributed by atoms with Gasteiger partial charge in [-0.15, -0.1) is 0 Å². The van der Waals surface area contributed by atoms with Crippen LogP contribution in [0.3, 0.4) is 0 Å². The van der Waals surface area contributed by atoms with Crippen LogP contribution in [-0.4, -0.2) is 149 Å². The van der Waals surface area contributed by atoms with Gasteiger partial charge in [-0.1, -0.05) is 12.1 Å². The van der Waals surface area contributed by atoms with Gasteiger partial charge < -0.3 is 71.1 Å². The van der Waals surface area contributed by atoms with Gasteiger partial charge in [0.1, 0.15) is 32.0 Å². The largest absolute Gasteiger partial charge is 0.493 e. The van der Waals surface area contributed by atoms with Crippen molar-refractivity contribution >= 4 is 71.8 Å². The van der Waals surface area contributed by atoms with Gasteiger partial charge in [0.05, 0.1) is 14.2 Å². The summed E-state index contributed by atoms with van der Waals surface area (Å²) in [5.41, 5.74) is 0.692. The van der Waals surface area contributed by atoms with E-state index < -0.39 is 134 Å². The molecule has 2 aromatic carbocycles. The number of hydrogen-bond donors (Lipinski definition) is 0. The Kier molecular flexibility index (Phi) is 21.0. The number of esters is 10. The highest BCUT2D eigenvalue weighted by molar-refractivity contribution is 5.88. The average Bonchev–Trinajstić information content (AvgIpc) is 3.56. The zero-order valence-electron chi connectivity index (χ0n) is 41.2. The van der Waals surface area contributed by atoms with Gasteiger partial charge in [0.2, 0.25) is 12.1 Å². The topological polar surface area (TPSA) is 309 Å². The van der Waals surface area contributed by atoms with Gasteiger partial charge in [-0.3, -0.25) is 38.4 Å². The predicted molar refractivity (Wildman–Crippen MR) is 240 cm³/mol. The molecule has 2 heterocycles. The maximum atomic E-state index is 14.0. The van der Waals surface area contributed by atoms with Crippen molar-refractivity contribution in [3.63, 3.8) is 0 Å². The number of carbonyl (C=O) groups is 10. The molecular formula is C48H54O25. The molecule has 25 heteroatoms. The normalized spacial score (nSPS) is 23.3. The molecule has 0 unspecified atom stereocenters. The maximum Gasteiger partial charge on any atom is 0.331 e. The summed E-state index contributed by atoms with van der Waals surface area (Å²) in [6, 6.07) is 8.63. The van der Waals surface area contributed by atoms with Gasteiger partial charge in [-0.25, -0.2) is 9.59 Å². The first-order valence-electron chi connectivity index (χ1n) is 21.9. The van der Waals surface area contributed by atoms with E-state index in [2.05, 4.69) is 0 Å². The lowest BCUT2D eigenvalue weighted by atomic mass is 9.97. The fourth-order valence-corrected chi connectivity index (χ4v) is 7.14. The van der Waals surface area contributed by atoms with Crippen LogP contribution in [0.1, 0.15) is 66.5 Å². The molecule has 2 aliphatic heterocycles. The van der Waals surface area contributed by atoms with Crippen molar-refractivity contribution in [3.8, 4) is 23.0 Å². The monoisotopic (exact) mass is 1030 g/mol. The Hall–Kier alpha value is -7.90. The van der Waals surface area contributed by atoms with E-state index in [0.29, 0.717) is 11.1 Å². The van der Waals surface area contributed by atoms with Crippen LogP contribution < -0.4 is 18.9 Å². The smallest absolute Gasteiger partial charge is 0.331 e. The summed E-state index contributed by atoms with van der Waals surface area (Å²) in [5, 5.41) is 0. The second-order valence-corrected chi connectivity index (χ2v) is 15.7. The zero-order chi connectivity index (χ0) is 54.2. The minimum absolute atomic E-state index is 0.0639. The van der Waals surface area contributed by atoms with Crippen LogP contribution in [0.25, 0.3) is 12.2 Å². The molecule has 4 rings (SSSR count). The molecule has 2 aromatic rings. The third-order valence-corrected chi connectivity index (χ3v) is 9.83. The highest BCUT2D eigenvalue weighted by Crippen LogP contribution is 2.42. The molecule has 0 amide bonds. The van der Waals surface area contributed by atoms with Crippen molar-refractivity contribution in [1.29, 1.82) is 0 Å². The van der Waals surface area contributed by atoms with E-state index >= 15 is 0 Å². The number of ether oxygens (including phenoxy) is 15. The second kappa shape index (κ2) is 26.5. The molecule has 2 aliphatic rings. The van der Waals surface area contributed by atoms with Gasteiger partial charge in [0.15, 0.2) is 53.5 Å². The molecule has 25 nitrogen and oxygen atoms in total. The summed E-state index contributed by atoms with van der Waals surface area (Å²) >= 11 is 0. The molecule has 2 saturated heterocycles. The zero-order valence-corrected chi connectivity index (χ0v) is 41.2. The lowest BCUT2D eigenvalue weighted by Gasteiger charge is -2.46. The fourth-order valence-electron chi connectivity index (χ4n) is 7.14. The number of carbonyl (C=O) groups excluding carboxylic acids is 10. The van der Waals surface area contributed by atoms with Gasteiger partial charge >= 0.3 is 59.7 Å². The summed E-state index contributed by atoms with van der Waals surface area (Å²) in [6.07, 6.45) is -10.2. The molecule has 0 N–H and O–H groups in total. The molecule has 0 radical (unpaired) electrons. The summed E-state index contributed by atoms with van der Waals surface area (Å²) in [5.74, 6) is -11.6. The van der Waals surface area contributed by atoms with Crippen molar-refractivity contribution < 1.29 is 119 Å². The number of benzene rings is 2. The second-order valence-electron chi connectivity index (χ2n) is 15.7. The first-order valence-corrected chi connectivity index (χ1v) is 21.9. The number of methoxy groups -OCH3 is 2. The van der Waals surface area contributed by atoms with Gasteiger partial charge in [-0.05, 0) is 47.5 Å². The molecule has 2 fully saturated rings. The van der Waals surface area contributed by atoms with E-state index in [1.165, 1.54) is 76.6 Å². The van der Waals surface area contributed by atoms with Gasteiger partial charge in [-0.2, -0.15) is 0 Å². The standard InChI is InChI=1S/C48H54O25/c1-24(49)61-21-38-42(66-28(5)53)44(68-30(7)55)45(69-31(8)56)47(70-38)73-48(23-63-25(2)50)46(71-41(58)18-14-33-12-16-35(65-27(4)52)37(20-33)60-10)43(67-29(6)54)39(72-48)22-62-40(57)17-13-32-11-15-34(64-26(3)51)36(19-32)59-9/h11-20,38-39,42-47H,21-23H2,1-10H3/b17-13+,18-14+/t38-,39-,42-,43-,44+,45-,46+,47-,48+/m1/s1. The highest BCUT2D eigenvalue weighted by atomic mass is 16.8. The van der Waals surface area contributed by atoms with Crippen molar-refractivity contribution in [2.45, 2.75) is 110 Å². The quantitative estimate of drug-likeness (QED) is 0.0750. The average molecular weight is 1030 g/mol. The molecule has 0 spiro atoms. The van der Waals surface area contributed by atoms with Crippen molar-refractivity contribution in [3.05, 3.63) is 59.7 Å². The van der Waals surface area contributed by atoms with Crippen molar-refractivity contribution in [2.24, 2.45) is 0 Å². The maximum absolute atomic E-state index is 14.0. The van der Waals surface area contributed by atoms with Crippen LogP contribution in [0.2, 0.25) is 0 Å². The van der Waals surface area contributed by atoms with E-state index in [4.69, 9.17) is 71.1 Å². The van der Waals surface area contributed by atoms with E-state index in [-0.39, 0.29) is 23.0 Å². The summed E-state index contributed by atoms with van der Waals surface area (Å²) in [4.78, 5) is 126. The molecule has 73 heavy (non-hydrogen) atoms. The minimum atomic E-state index is -2.75. The van der Waals surface area contributed by atoms with Crippen molar-refractivity contribution in [1.82, 2.24) is 0 Å². The van der Waals surface area contributed by atoms with Gasteiger partial charge in [0.25, 0.3) is 0 Å². The molecule has 0 bridgehead atoms. The SMILES string of the molecule is COc1cc(/C=C/C(=O)OC[C@H]2O[C@@](COC(C)=O)(O[C@H]3O[C@H](COC(C)=O)[C@@H](OC(C)=O)[C@H](OC(C)=O)[C@H]3OC(C)=O)[C@@H](OC(=O)/C=C/c3ccc(OC(C)=O)c(OC)c3)[C@@H]2OC(C)=O)ccc1OC(C)=O. The number of rotatable bonds is 21. The third kappa shape index (κ3) is 17.1. The van der Waals surface area contributed by atoms with Crippen LogP contribution in [0.4, 0.5) is 0 Å². The Morgan fingerprint density at radius 2 is 0.959 bits per heavy atom. The Bertz CT molecular complexity index is 2460. The van der Waals surface area contributed by atoms with Crippen LogP contribution in [0.15, 0.2) is 48.6 Å². The van der Waals surface area contributed by atoms with Gasteiger partial charge in [0, 0.05) is 67.5 Å². The summed E-state index contributed by atoms with van der Waals surface area (Å²) in [7, 11) is 2.64. The van der Waals surface area contributed by atoms with Crippen LogP contribution in [-0.2, 0) is 100 Å². The lowest BCUT2D eigenvalue weighted by Crippen LogP contribution is -2.65. The van der Waals surface area contributed by atoms with Crippen LogP contribution in [0, 0.1) is 0 Å². The Labute approximate surface area is 417 Å². The van der Waals surface area contributed by atoms with Crippen LogP contribution >= 0.6 is 0 Å². The molecule has 0 aliphatic carbocycles. The first-order chi connectivity index (χ1) is 34.4. The van der Waals surface area contributed by atoms with Crippen molar-refractivity contribution in [2.75, 3.05) is 34.0 Å². The Morgan fingerprint density at radius 3 is 1.44 bits per heavy atom. The molecular weight excluding hydrogens is 977 g/mol. The van der Waals surface area contributed by atoms with E-state index in [9.17, 15) is 47.9 Å². The Balaban J connectivity index is 1.86. The molecule has 396 valence electrons. The summed E-state index contributed by atoms with van der Waals surface area (Å²) in [6.45, 7) is 5.71. The van der Waals surface area contributed by atoms with E-state index in [1.807, 2.05) is 0 Å². The first kappa shape index (κ1) is 57.7. The fraction of sp³-hybridized carbons (Fsp3) is 0.458. The highest BCUT2D eigenvalue weighted by Gasteiger charge is 2.65. The van der Waals surface area contributed by atoms with E-state index in [0.717, 1.165) is 53.7 Å². The third-order valence-electron chi connectivity index (χ3n) is 9.83. The molecule has 0 saturated carbocycles. The van der Waals surface area contributed by atoms with E-state index in [1.54, 1.807) is 0 Å². The number of hydrogen-bond acceptors (Lipinski definition) is 25. The van der Waals surface area contributed by atoms with Crippen LogP contribution in [0.5, 0.6) is 23.0 Å². The Morgan fingerprint density at radius 1 is 0.493 bits per heavy atom. The lowest BCUT2D eigenvalue weighted by molar-refractivity contribution is -0.384. The molecule has 9 atom stereocenters.